The third-order valence-electron chi connectivity index (χ3n) is 5.40. The highest BCUT2D eigenvalue weighted by molar-refractivity contribution is 5.84. The monoisotopic (exact) mass is 340 g/mol. The second kappa shape index (κ2) is 4.92. The van der Waals surface area contributed by atoms with Crippen molar-refractivity contribution < 1.29 is 27.8 Å². The number of aliphatic hydroxyl groups is 2. The highest BCUT2D eigenvalue weighted by Gasteiger charge is 2.69. The van der Waals surface area contributed by atoms with Gasteiger partial charge < -0.3 is 10.2 Å². The third kappa shape index (κ3) is 2.09. The Balaban J connectivity index is 1.65. The zero-order chi connectivity index (χ0) is 17.3. The minimum atomic E-state index is -2.90. The standard InChI is InChI=1S/C18H16F4O2/c19-17(20)13(7-23)15(17)11-3-1-9-5-12(4-2-10(9)6-11)16-14(8-24)18(16,21)22/h1-6,13-16,23-24H,7-8H2/t13-,14+,15-,16+. The maximum atomic E-state index is 13.6. The fraction of sp³-hybridized carbons (Fsp3) is 0.444. The molecule has 2 aromatic carbocycles. The summed E-state index contributed by atoms with van der Waals surface area (Å²) in [6, 6.07) is 9.67. The number of hydrogen-bond donors (Lipinski definition) is 2. The van der Waals surface area contributed by atoms with Gasteiger partial charge in [-0.05, 0) is 21.9 Å². The van der Waals surface area contributed by atoms with E-state index in [0.29, 0.717) is 21.9 Å². The van der Waals surface area contributed by atoms with E-state index in [1.54, 1.807) is 36.4 Å². The largest absolute Gasteiger partial charge is 0.396 e. The van der Waals surface area contributed by atoms with E-state index >= 15 is 0 Å². The molecule has 0 aromatic heterocycles. The van der Waals surface area contributed by atoms with Gasteiger partial charge in [0.1, 0.15) is 0 Å². The molecule has 2 nitrogen and oxygen atoms in total. The average Bonchev–Trinajstić information content (AvgIpc) is 3.33. The van der Waals surface area contributed by atoms with Gasteiger partial charge in [0.25, 0.3) is 11.8 Å². The topological polar surface area (TPSA) is 40.5 Å². The van der Waals surface area contributed by atoms with Gasteiger partial charge in [0.15, 0.2) is 0 Å². The normalized spacial score (nSPS) is 32.8. The van der Waals surface area contributed by atoms with Crippen molar-refractivity contribution in [2.75, 3.05) is 13.2 Å². The van der Waals surface area contributed by atoms with Crippen LogP contribution in [0.5, 0.6) is 0 Å². The van der Waals surface area contributed by atoms with E-state index < -0.39 is 48.7 Å². The number of hydrogen-bond acceptors (Lipinski definition) is 2. The quantitative estimate of drug-likeness (QED) is 0.836. The Morgan fingerprint density at radius 3 is 1.38 bits per heavy atom. The van der Waals surface area contributed by atoms with E-state index in [0.717, 1.165) is 0 Å². The molecule has 0 unspecified atom stereocenters. The number of benzene rings is 2. The molecule has 4 atom stereocenters. The molecule has 0 amide bonds. The fourth-order valence-electron chi connectivity index (χ4n) is 3.81. The lowest BCUT2D eigenvalue weighted by atomic mass is 9.99. The molecule has 0 heterocycles. The fourth-order valence-corrected chi connectivity index (χ4v) is 3.81. The summed E-state index contributed by atoms with van der Waals surface area (Å²) in [4.78, 5) is 0. The molecule has 0 bridgehead atoms. The maximum absolute atomic E-state index is 13.6. The Kier molecular flexibility index (Phi) is 3.25. The van der Waals surface area contributed by atoms with Gasteiger partial charge in [-0.1, -0.05) is 36.4 Å². The summed E-state index contributed by atoms with van der Waals surface area (Å²) < 4.78 is 54.5. The van der Waals surface area contributed by atoms with Gasteiger partial charge in [0.05, 0.1) is 36.9 Å². The zero-order valence-corrected chi connectivity index (χ0v) is 12.6. The number of halogens is 4. The Bertz CT molecular complexity index is 737. The molecule has 2 N–H and O–H groups in total. The predicted octanol–water partition coefficient (Wildman–Crippen LogP) is 3.52. The maximum Gasteiger partial charge on any atom is 0.261 e. The second-order valence-corrected chi connectivity index (χ2v) is 6.75. The van der Waals surface area contributed by atoms with Gasteiger partial charge in [-0.25, -0.2) is 17.6 Å². The first-order valence-electron chi connectivity index (χ1n) is 7.83. The number of alkyl halides is 4. The summed E-state index contributed by atoms with van der Waals surface area (Å²) in [6.07, 6.45) is 0. The summed E-state index contributed by atoms with van der Waals surface area (Å²) in [6.45, 7) is -1.12. The van der Waals surface area contributed by atoms with Crippen LogP contribution in [0.1, 0.15) is 23.0 Å². The molecule has 0 radical (unpaired) electrons. The molecule has 2 saturated carbocycles. The van der Waals surface area contributed by atoms with Gasteiger partial charge in [-0.15, -0.1) is 0 Å². The first-order valence-corrected chi connectivity index (χ1v) is 7.83. The number of aliphatic hydroxyl groups excluding tert-OH is 2. The van der Waals surface area contributed by atoms with Crippen molar-refractivity contribution in [3.8, 4) is 0 Å². The summed E-state index contributed by atoms with van der Waals surface area (Å²) in [5.74, 6) is -9.87. The lowest BCUT2D eigenvalue weighted by Gasteiger charge is -2.06. The third-order valence-corrected chi connectivity index (χ3v) is 5.40. The Morgan fingerprint density at radius 1 is 0.708 bits per heavy atom. The molecule has 2 aliphatic rings. The van der Waals surface area contributed by atoms with Crippen molar-refractivity contribution in [1.29, 1.82) is 0 Å². The SMILES string of the molecule is OC[C@@H]1[C@@H](c2ccc3cc([C@H]4[C@H](CO)C4(F)F)ccc3c2)C1(F)F. The van der Waals surface area contributed by atoms with Crippen molar-refractivity contribution in [1.82, 2.24) is 0 Å². The molecular weight excluding hydrogens is 324 g/mol. The molecular formula is C18H16F4O2. The number of rotatable bonds is 4. The van der Waals surface area contributed by atoms with Crippen LogP contribution in [0.25, 0.3) is 10.8 Å². The minimum absolute atomic E-state index is 0.448. The molecule has 2 fully saturated rings. The van der Waals surface area contributed by atoms with Crippen molar-refractivity contribution in [2.24, 2.45) is 11.8 Å². The van der Waals surface area contributed by atoms with E-state index in [4.69, 9.17) is 10.2 Å². The van der Waals surface area contributed by atoms with E-state index in [1.807, 2.05) is 0 Å². The summed E-state index contributed by atoms with van der Waals surface area (Å²) in [5.41, 5.74) is 0.897. The first-order chi connectivity index (χ1) is 11.3. The van der Waals surface area contributed by atoms with Crippen LogP contribution in [-0.2, 0) is 0 Å². The van der Waals surface area contributed by atoms with Gasteiger partial charge in [0, 0.05) is 0 Å². The number of fused-ring (bicyclic) bond motifs is 1. The van der Waals surface area contributed by atoms with Gasteiger partial charge in [-0.2, -0.15) is 0 Å². The lowest BCUT2D eigenvalue weighted by Crippen LogP contribution is -1.97. The smallest absolute Gasteiger partial charge is 0.261 e. The molecule has 0 saturated heterocycles. The summed E-state index contributed by atoms with van der Waals surface area (Å²) >= 11 is 0. The molecule has 4 rings (SSSR count). The van der Waals surface area contributed by atoms with Crippen molar-refractivity contribution >= 4 is 10.8 Å². The minimum Gasteiger partial charge on any atom is -0.396 e. The molecule has 0 spiro atoms. The van der Waals surface area contributed by atoms with Crippen LogP contribution < -0.4 is 0 Å². The van der Waals surface area contributed by atoms with Gasteiger partial charge >= 0.3 is 0 Å². The van der Waals surface area contributed by atoms with Crippen LogP contribution in [0.4, 0.5) is 17.6 Å². The Hall–Kier alpha value is -1.66. The van der Waals surface area contributed by atoms with Crippen LogP contribution in [0.3, 0.4) is 0 Å². The van der Waals surface area contributed by atoms with E-state index in [9.17, 15) is 17.6 Å². The molecule has 0 aliphatic heterocycles. The van der Waals surface area contributed by atoms with Crippen LogP contribution in [0, 0.1) is 11.8 Å². The van der Waals surface area contributed by atoms with E-state index in [-0.39, 0.29) is 0 Å². The zero-order valence-electron chi connectivity index (χ0n) is 12.6. The van der Waals surface area contributed by atoms with Crippen molar-refractivity contribution in [2.45, 2.75) is 23.7 Å². The van der Waals surface area contributed by atoms with E-state index in [2.05, 4.69) is 0 Å². The summed E-state index contributed by atoms with van der Waals surface area (Å²) in [7, 11) is 0. The Morgan fingerprint density at radius 2 is 1.08 bits per heavy atom. The summed E-state index contributed by atoms with van der Waals surface area (Å²) in [5, 5.41) is 19.4. The highest BCUT2D eigenvalue weighted by atomic mass is 19.3. The highest BCUT2D eigenvalue weighted by Crippen LogP contribution is 2.62. The first kappa shape index (κ1) is 15.8. The van der Waals surface area contributed by atoms with Crippen LogP contribution >= 0.6 is 0 Å². The average molecular weight is 340 g/mol. The lowest BCUT2D eigenvalue weighted by molar-refractivity contribution is 0.0776. The predicted molar refractivity (Wildman–Crippen MR) is 80.5 cm³/mol. The molecule has 2 aromatic rings. The molecule has 6 heteroatoms. The molecule has 2 aliphatic carbocycles. The van der Waals surface area contributed by atoms with Crippen molar-refractivity contribution in [3.05, 3.63) is 47.5 Å². The van der Waals surface area contributed by atoms with E-state index in [1.165, 1.54) is 0 Å². The second-order valence-electron chi connectivity index (χ2n) is 6.75. The van der Waals surface area contributed by atoms with Crippen LogP contribution in [0.15, 0.2) is 36.4 Å². The van der Waals surface area contributed by atoms with Crippen molar-refractivity contribution in [3.63, 3.8) is 0 Å². The Labute approximate surface area is 135 Å². The van der Waals surface area contributed by atoms with Gasteiger partial charge in [-0.3, -0.25) is 0 Å². The van der Waals surface area contributed by atoms with Crippen LogP contribution in [-0.4, -0.2) is 35.3 Å². The molecule has 128 valence electrons. The van der Waals surface area contributed by atoms with Gasteiger partial charge in [0.2, 0.25) is 0 Å². The van der Waals surface area contributed by atoms with Crippen LogP contribution in [0.2, 0.25) is 0 Å². The molecule has 24 heavy (non-hydrogen) atoms.